The van der Waals surface area contributed by atoms with Gasteiger partial charge in [-0.1, -0.05) is 0 Å². The summed E-state index contributed by atoms with van der Waals surface area (Å²) < 4.78 is 18.1. The second-order valence-electron chi connectivity index (χ2n) is 4.32. The van der Waals surface area contributed by atoms with Crippen molar-refractivity contribution in [2.24, 2.45) is 11.7 Å². The second-order valence-corrected chi connectivity index (χ2v) is 4.32. The SMILES string of the molecule is CN(CC1COCC1N)c1ccc(F)cc1. The Bertz CT molecular complexity index is 341. The van der Waals surface area contributed by atoms with Crippen molar-refractivity contribution in [1.82, 2.24) is 0 Å². The van der Waals surface area contributed by atoms with Crippen molar-refractivity contribution in [3.63, 3.8) is 0 Å². The summed E-state index contributed by atoms with van der Waals surface area (Å²) in [5.41, 5.74) is 6.92. The predicted molar refractivity (Wildman–Crippen MR) is 62.0 cm³/mol. The van der Waals surface area contributed by atoms with Crippen LogP contribution in [0, 0.1) is 11.7 Å². The maximum atomic E-state index is 12.8. The molecule has 88 valence electrons. The maximum absolute atomic E-state index is 12.8. The Hall–Kier alpha value is -1.13. The summed E-state index contributed by atoms with van der Waals surface area (Å²) in [5, 5.41) is 0. The molecule has 1 saturated heterocycles. The lowest BCUT2D eigenvalue weighted by molar-refractivity contribution is 0.185. The van der Waals surface area contributed by atoms with Gasteiger partial charge >= 0.3 is 0 Å². The van der Waals surface area contributed by atoms with E-state index in [4.69, 9.17) is 10.5 Å². The van der Waals surface area contributed by atoms with E-state index in [-0.39, 0.29) is 11.9 Å². The fourth-order valence-corrected chi connectivity index (χ4v) is 1.96. The van der Waals surface area contributed by atoms with E-state index < -0.39 is 0 Å². The van der Waals surface area contributed by atoms with Crippen molar-refractivity contribution in [2.75, 3.05) is 31.7 Å². The van der Waals surface area contributed by atoms with Crippen molar-refractivity contribution >= 4 is 5.69 Å². The van der Waals surface area contributed by atoms with Crippen LogP contribution in [0.2, 0.25) is 0 Å². The summed E-state index contributed by atoms with van der Waals surface area (Å²) in [5.74, 6) is 0.146. The van der Waals surface area contributed by atoms with Gasteiger partial charge in [0.25, 0.3) is 0 Å². The summed E-state index contributed by atoms with van der Waals surface area (Å²) in [4.78, 5) is 2.08. The van der Waals surface area contributed by atoms with Gasteiger partial charge in [-0.2, -0.15) is 0 Å². The van der Waals surface area contributed by atoms with E-state index >= 15 is 0 Å². The number of nitrogens with zero attached hydrogens (tertiary/aromatic N) is 1. The first kappa shape index (κ1) is 11.4. The van der Waals surface area contributed by atoms with E-state index in [1.807, 2.05) is 7.05 Å². The Kier molecular flexibility index (Phi) is 3.41. The molecule has 2 N–H and O–H groups in total. The Balaban J connectivity index is 1.97. The van der Waals surface area contributed by atoms with Crippen LogP contribution in [0.3, 0.4) is 0 Å². The van der Waals surface area contributed by atoms with Gasteiger partial charge in [-0.05, 0) is 24.3 Å². The molecule has 16 heavy (non-hydrogen) atoms. The number of hydrogen-bond acceptors (Lipinski definition) is 3. The van der Waals surface area contributed by atoms with Crippen LogP contribution in [0.4, 0.5) is 10.1 Å². The molecule has 0 amide bonds. The van der Waals surface area contributed by atoms with Gasteiger partial charge in [-0.25, -0.2) is 4.39 Å². The third-order valence-electron chi connectivity index (χ3n) is 3.02. The fraction of sp³-hybridized carbons (Fsp3) is 0.500. The molecule has 1 aromatic carbocycles. The lowest BCUT2D eigenvalue weighted by atomic mass is 10.0. The van der Waals surface area contributed by atoms with Crippen molar-refractivity contribution in [3.8, 4) is 0 Å². The third-order valence-corrected chi connectivity index (χ3v) is 3.02. The molecule has 1 aromatic rings. The van der Waals surface area contributed by atoms with E-state index in [9.17, 15) is 4.39 Å². The standard InChI is InChI=1S/C12H17FN2O/c1-15(6-9-7-16-8-12(9)14)11-4-2-10(13)3-5-11/h2-5,9,12H,6-8,14H2,1H3. The smallest absolute Gasteiger partial charge is 0.123 e. The zero-order chi connectivity index (χ0) is 11.5. The summed E-state index contributed by atoms with van der Waals surface area (Å²) in [6, 6.07) is 6.60. The predicted octanol–water partition coefficient (Wildman–Crippen LogP) is 1.24. The zero-order valence-corrected chi connectivity index (χ0v) is 9.40. The molecule has 4 heteroatoms. The van der Waals surface area contributed by atoms with Gasteiger partial charge in [-0.3, -0.25) is 0 Å². The number of ether oxygens (including phenoxy) is 1. The Morgan fingerprint density at radius 1 is 1.38 bits per heavy atom. The minimum absolute atomic E-state index is 0.114. The van der Waals surface area contributed by atoms with Crippen LogP contribution >= 0.6 is 0 Å². The molecule has 2 rings (SSSR count). The highest BCUT2D eigenvalue weighted by atomic mass is 19.1. The van der Waals surface area contributed by atoms with Crippen molar-refractivity contribution in [1.29, 1.82) is 0 Å². The molecule has 3 nitrogen and oxygen atoms in total. The molecule has 0 spiro atoms. The highest BCUT2D eigenvalue weighted by Gasteiger charge is 2.25. The quantitative estimate of drug-likeness (QED) is 0.839. The van der Waals surface area contributed by atoms with Crippen molar-refractivity contribution < 1.29 is 9.13 Å². The highest BCUT2D eigenvalue weighted by Crippen LogP contribution is 2.18. The molecule has 0 bridgehead atoms. The van der Waals surface area contributed by atoms with E-state index in [0.29, 0.717) is 19.1 Å². The summed E-state index contributed by atoms with van der Waals surface area (Å²) >= 11 is 0. The first-order valence-corrected chi connectivity index (χ1v) is 5.47. The van der Waals surface area contributed by atoms with Crippen molar-refractivity contribution in [3.05, 3.63) is 30.1 Å². The van der Waals surface area contributed by atoms with Crippen molar-refractivity contribution in [2.45, 2.75) is 6.04 Å². The van der Waals surface area contributed by atoms with Crippen LogP contribution in [0.15, 0.2) is 24.3 Å². The molecule has 0 aromatic heterocycles. The average Bonchev–Trinajstić information content (AvgIpc) is 2.65. The molecule has 1 fully saturated rings. The summed E-state index contributed by atoms with van der Waals surface area (Å²) in [7, 11) is 1.98. The molecule has 0 radical (unpaired) electrons. The number of benzene rings is 1. The average molecular weight is 224 g/mol. The number of hydrogen-bond donors (Lipinski definition) is 1. The van der Waals surface area contributed by atoms with Crippen LogP contribution in [0.25, 0.3) is 0 Å². The largest absolute Gasteiger partial charge is 0.379 e. The second kappa shape index (κ2) is 4.80. The lowest BCUT2D eigenvalue weighted by Crippen LogP contribution is -2.36. The lowest BCUT2D eigenvalue weighted by Gasteiger charge is -2.24. The first-order chi connectivity index (χ1) is 7.66. The van der Waals surface area contributed by atoms with E-state index in [1.165, 1.54) is 12.1 Å². The van der Waals surface area contributed by atoms with E-state index in [2.05, 4.69) is 4.90 Å². The molecular weight excluding hydrogens is 207 g/mol. The number of rotatable bonds is 3. The first-order valence-electron chi connectivity index (χ1n) is 5.47. The minimum atomic E-state index is -0.210. The van der Waals surface area contributed by atoms with Crippen LogP contribution in [0.5, 0.6) is 0 Å². The van der Waals surface area contributed by atoms with Gasteiger partial charge < -0.3 is 15.4 Å². The van der Waals surface area contributed by atoms with Crippen LogP contribution in [0.1, 0.15) is 0 Å². The Morgan fingerprint density at radius 3 is 2.62 bits per heavy atom. The van der Waals surface area contributed by atoms with Gasteiger partial charge in [0.05, 0.1) is 13.2 Å². The molecule has 2 unspecified atom stereocenters. The maximum Gasteiger partial charge on any atom is 0.123 e. The topological polar surface area (TPSA) is 38.5 Å². The zero-order valence-electron chi connectivity index (χ0n) is 9.40. The molecule has 1 aliphatic rings. The highest BCUT2D eigenvalue weighted by molar-refractivity contribution is 5.45. The Labute approximate surface area is 95.0 Å². The monoisotopic (exact) mass is 224 g/mol. The van der Waals surface area contributed by atoms with Gasteiger partial charge in [0.2, 0.25) is 0 Å². The number of nitrogens with two attached hydrogens (primary N) is 1. The third kappa shape index (κ3) is 2.51. The Morgan fingerprint density at radius 2 is 2.06 bits per heavy atom. The molecule has 1 aliphatic heterocycles. The van der Waals surface area contributed by atoms with Gasteiger partial charge in [0.15, 0.2) is 0 Å². The molecule has 0 aliphatic carbocycles. The normalized spacial score (nSPS) is 24.7. The number of anilines is 1. The van der Waals surface area contributed by atoms with E-state index in [0.717, 1.165) is 12.2 Å². The number of halogens is 1. The molecule has 2 atom stereocenters. The van der Waals surface area contributed by atoms with Gasteiger partial charge in [-0.15, -0.1) is 0 Å². The van der Waals surface area contributed by atoms with Crippen LogP contribution < -0.4 is 10.6 Å². The van der Waals surface area contributed by atoms with E-state index in [1.54, 1.807) is 12.1 Å². The fourth-order valence-electron chi connectivity index (χ4n) is 1.96. The summed E-state index contributed by atoms with van der Waals surface area (Å²) in [6.07, 6.45) is 0. The summed E-state index contributed by atoms with van der Waals surface area (Å²) in [6.45, 7) is 2.20. The van der Waals surface area contributed by atoms with Gasteiger partial charge in [0.1, 0.15) is 5.82 Å². The molecule has 0 saturated carbocycles. The molecular formula is C12H17FN2O. The van der Waals surface area contributed by atoms with Crippen LogP contribution in [-0.2, 0) is 4.74 Å². The minimum Gasteiger partial charge on any atom is -0.379 e. The molecule has 1 heterocycles. The van der Waals surface area contributed by atoms with Gasteiger partial charge in [0, 0.05) is 31.2 Å². The van der Waals surface area contributed by atoms with Crippen LogP contribution in [-0.4, -0.2) is 32.8 Å².